The van der Waals surface area contributed by atoms with Gasteiger partial charge in [0.05, 0.1) is 16.6 Å². The zero-order valence-electron chi connectivity index (χ0n) is 12.3. The van der Waals surface area contributed by atoms with E-state index in [0.717, 1.165) is 0 Å². The minimum atomic E-state index is -0.438. The molecular weight excluding hydrogens is 299 g/mol. The van der Waals surface area contributed by atoms with Crippen molar-refractivity contribution in [3.63, 3.8) is 0 Å². The first kappa shape index (κ1) is 14.8. The minimum absolute atomic E-state index is 0.228. The molecule has 0 aliphatic rings. The number of para-hydroxylation sites is 2. The fourth-order valence-electron chi connectivity index (χ4n) is 2.25. The Morgan fingerprint density at radius 3 is 2.50 bits per heavy atom. The molecule has 5 heteroatoms. The SMILES string of the molecule is CC(C)Sc1nc2ccccc2c(=O)n1-c1ccccc1F. The molecule has 1 heterocycles. The number of thioether (sulfide) groups is 1. The van der Waals surface area contributed by atoms with Gasteiger partial charge in [0.1, 0.15) is 5.82 Å². The number of hydrogen-bond acceptors (Lipinski definition) is 3. The highest BCUT2D eigenvalue weighted by Crippen LogP contribution is 2.25. The predicted octanol–water partition coefficient (Wildman–Crippen LogP) is 4.03. The van der Waals surface area contributed by atoms with Gasteiger partial charge in [0.15, 0.2) is 5.16 Å². The first-order valence-electron chi connectivity index (χ1n) is 7.01. The van der Waals surface area contributed by atoms with Crippen molar-refractivity contribution in [3.8, 4) is 5.69 Å². The van der Waals surface area contributed by atoms with E-state index in [1.807, 2.05) is 19.9 Å². The van der Waals surface area contributed by atoms with Crippen LogP contribution in [-0.2, 0) is 0 Å². The van der Waals surface area contributed by atoms with Crippen LogP contribution in [0.1, 0.15) is 13.8 Å². The standard InChI is InChI=1S/C17H15FN2OS/c1-11(2)22-17-19-14-9-5-3-7-12(14)16(21)20(17)15-10-6-4-8-13(15)18/h3-11H,1-2H3. The maximum Gasteiger partial charge on any atom is 0.266 e. The Hall–Kier alpha value is -2.14. The molecule has 0 aliphatic carbocycles. The average molecular weight is 314 g/mol. The van der Waals surface area contributed by atoms with E-state index in [0.29, 0.717) is 16.1 Å². The third kappa shape index (κ3) is 2.64. The van der Waals surface area contributed by atoms with Crippen molar-refractivity contribution in [2.75, 3.05) is 0 Å². The van der Waals surface area contributed by atoms with Crippen LogP contribution in [0.3, 0.4) is 0 Å². The van der Waals surface area contributed by atoms with Gasteiger partial charge in [-0.2, -0.15) is 0 Å². The van der Waals surface area contributed by atoms with E-state index in [1.165, 1.54) is 22.4 Å². The lowest BCUT2D eigenvalue weighted by Gasteiger charge is -2.14. The van der Waals surface area contributed by atoms with Crippen molar-refractivity contribution in [2.45, 2.75) is 24.3 Å². The van der Waals surface area contributed by atoms with Gasteiger partial charge in [-0.05, 0) is 24.3 Å². The number of fused-ring (bicyclic) bond motifs is 1. The molecule has 0 spiro atoms. The zero-order chi connectivity index (χ0) is 15.7. The number of rotatable bonds is 3. The summed E-state index contributed by atoms with van der Waals surface area (Å²) in [7, 11) is 0. The molecule has 22 heavy (non-hydrogen) atoms. The molecule has 112 valence electrons. The monoisotopic (exact) mass is 314 g/mol. The van der Waals surface area contributed by atoms with Gasteiger partial charge in [-0.25, -0.2) is 9.37 Å². The fourth-order valence-corrected chi connectivity index (χ4v) is 3.11. The summed E-state index contributed by atoms with van der Waals surface area (Å²) in [5.41, 5.74) is 0.607. The molecule has 3 nitrogen and oxygen atoms in total. The van der Waals surface area contributed by atoms with Crippen molar-refractivity contribution in [1.29, 1.82) is 0 Å². The van der Waals surface area contributed by atoms with Crippen LogP contribution < -0.4 is 5.56 Å². The van der Waals surface area contributed by atoms with Gasteiger partial charge >= 0.3 is 0 Å². The van der Waals surface area contributed by atoms with Crippen molar-refractivity contribution < 1.29 is 4.39 Å². The Balaban J connectivity index is 2.38. The molecule has 0 saturated carbocycles. The van der Waals surface area contributed by atoms with Crippen LogP contribution in [-0.4, -0.2) is 14.8 Å². The molecule has 0 fully saturated rings. The van der Waals surface area contributed by atoms with Gasteiger partial charge in [-0.3, -0.25) is 9.36 Å². The molecule has 1 aromatic heterocycles. The zero-order valence-corrected chi connectivity index (χ0v) is 13.1. The second-order valence-electron chi connectivity index (χ2n) is 5.17. The number of nitrogens with zero attached hydrogens (tertiary/aromatic N) is 2. The highest BCUT2D eigenvalue weighted by molar-refractivity contribution is 7.99. The molecule has 0 radical (unpaired) electrons. The van der Waals surface area contributed by atoms with Crippen molar-refractivity contribution in [1.82, 2.24) is 9.55 Å². The van der Waals surface area contributed by atoms with Gasteiger partial charge in [0.25, 0.3) is 5.56 Å². The van der Waals surface area contributed by atoms with Gasteiger partial charge < -0.3 is 0 Å². The molecule has 2 aromatic carbocycles. The third-order valence-corrected chi connectivity index (χ3v) is 4.14. The van der Waals surface area contributed by atoms with E-state index in [-0.39, 0.29) is 16.5 Å². The molecule has 0 amide bonds. The molecule has 0 N–H and O–H groups in total. The fraction of sp³-hybridized carbons (Fsp3) is 0.176. The summed E-state index contributed by atoms with van der Waals surface area (Å²) < 4.78 is 15.5. The van der Waals surface area contributed by atoms with E-state index in [9.17, 15) is 9.18 Å². The highest BCUT2D eigenvalue weighted by Gasteiger charge is 2.16. The first-order valence-corrected chi connectivity index (χ1v) is 7.89. The van der Waals surface area contributed by atoms with E-state index in [4.69, 9.17) is 0 Å². The van der Waals surface area contributed by atoms with E-state index < -0.39 is 5.82 Å². The topological polar surface area (TPSA) is 34.9 Å². The molecule has 0 bridgehead atoms. The molecule has 0 saturated heterocycles. The van der Waals surface area contributed by atoms with Gasteiger partial charge in [0, 0.05) is 5.25 Å². The van der Waals surface area contributed by atoms with Gasteiger partial charge in [0.2, 0.25) is 0 Å². The van der Waals surface area contributed by atoms with Crippen LogP contribution in [0.4, 0.5) is 4.39 Å². The average Bonchev–Trinajstić information content (AvgIpc) is 2.48. The summed E-state index contributed by atoms with van der Waals surface area (Å²) >= 11 is 1.44. The Kier molecular flexibility index (Phi) is 3.98. The lowest BCUT2D eigenvalue weighted by molar-refractivity contribution is 0.608. The van der Waals surface area contributed by atoms with Crippen molar-refractivity contribution in [2.24, 2.45) is 0 Å². The van der Waals surface area contributed by atoms with E-state index in [2.05, 4.69) is 4.98 Å². The highest BCUT2D eigenvalue weighted by atomic mass is 32.2. The summed E-state index contributed by atoms with van der Waals surface area (Å²) in [6, 6.07) is 13.4. The van der Waals surface area contributed by atoms with E-state index >= 15 is 0 Å². The molecule has 3 rings (SSSR count). The maximum atomic E-state index is 14.2. The molecular formula is C17H15FN2OS. The number of hydrogen-bond donors (Lipinski definition) is 0. The normalized spacial score (nSPS) is 11.3. The second kappa shape index (κ2) is 5.93. The summed E-state index contributed by atoms with van der Waals surface area (Å²) in [5.74, 6) is -0.438. The quantitative estimate of drug-likeness (QED) is 0.541. The number of benzene rings is 2. The van der Waals surface area contributed by atoms with E-state index in [1.54, 1.807) is 36.4 Å². The lowest BCUT2D eigenvalue weighted by atomic mass is 10.2. The largest absolute Gasteiger partial charge is 0.268 e. The summed E-state index contributed by atoms with van der Waals surface area (Å²) in [5, 5.41) is 1.22. The van der Waals surface area contributed by atoms with Gasteiger partial charge in [-0.15, -0.1) is 0 Å². The smallest absolute Gasteiger partial charge is 0.266 e. The molecule has 3 aromatic rings. The Labute approximate surface area is 131 Å². The Morgan fingerprint density at radius 1 is 1.09 bits per heavy atom. The maximum absolute atomic E-state index is 14.2. The van der Waals surface area contributed by atoms with Crippen LogP contribution in [0.15, 0.2) is 58.5 Å². The summed E-state index contributed by atoms with van der Waals surface area (Å²) in [4.78, 5) is 17.4. The first-order chi connectivity index (χ1) is 10.6. The van der Waals surface area contributed by atoms with Crippen LogP contribution in [0, 0.1) is 5.82 Å². The second-order valence-corrected chi connectivity index (χ2v) is 6.71. The summed E-state index contributed by atoms with van der Waals surface area (Å²) in [6.07, 6.45) is 0. The van der Waals surface area contributed by atoms with Crippen LogP contribution in [0.2, 0.25) is 0 Å². The molecule has 0 aliphatic heterocycles. The lowest BCUT2D eigenvalue weighted by Crippen LogP contribution is -2.23. The van der Waals surface area contributed by atoms with Crippen LogP contribution in [0.25, 0.3) is 16.6 Å². The Bertz CT molecular complexity index is 889. The Morgan fingerprint density at radius 2 is 1.77 bits per heavy atom. The molecule has 0 atom stereocenters. The number of halogens is 1. The van der Waals surface area contributed by atoms with Crippen LogP contribution >= 0.6 is 11.8 Å². The van der Waals surface area contributed by atoms with Crippen LogP contribution in [0.5, 0.6) is 0 Å². The minimum Gasteiger partial charge on any atom is -0.268 e. The third-order valence-electron chi connectivity index (χ3n) is 3.18. The summed E-state index contributed by atoms with van der Waals surface area (Å²) in [6.45, 7) is 4.02. The number of aromatic nitrogens is 2. The van der Waals surface area contributed by atoms with Crippen molar-refractivity contribution >= 4 is 22.7 Å². The van der Waals surface area contributed by atoms with Crippen molar-refractivity contribution in [3.05, 3.63) is 64.7 Å². The predicted molar refractivity (Wildman–Crippen MR) is 88.3 cm³/mol. The van der Waals surface area contributed by atoms with Gasteiger partial charge in [-0.1, -0.05) is 49.9 Å². The molecule has 0 unspecified atom stereocenters.